The van der Waals surface area contributed by atoms with E-state index in [0.29, 0.717) is 18.2 Å². The molecule has 5 nitrogen and oxygen atoms in total. The molecule has 106 valence electrons. The molecule has 0 spiro atoms. The standard InChI is InChI=1S/C13H20ClN3O2/c1-17(9-13(15)18)12-4-3-11(14)7-10(12)8-16-5-6-19-2/h3-4,7,16H,5-6,8-9H2,1-2H3,(H2,15,18). The van der Waals surface area contributed by atoms with Gasteiger partial charge in [0.1, 0.15) is 0 Å². The van der Waals surface area contributed by atoms with Crippen molar-refractivity contribution in [1.82, 2.24) is 5.32 Å². The predicted molar refractivity (Wildman–Crippen MR) is 77.5 cm³/mol. The van der Waals surface area contributed by atoms with Gasteiger partial charge in [-0.05, 0) is 23.8 Å². The molecule has 0 aliphatic heterocycles. The van der Waals surface area contributed by atoms with Gasteiger partial charge in [-0.3, -0.25) is 4.79 Å². The van der Waals surface area contributed by atoms with E-state index in [1.165, 1.54) is 0 Å². The zero-order valence-electron chi connectivity index (χ0n) is 11.3. The maximum atomic E-state index is 11.0. The van der Waals surface area contributed by atoms with Gasteiger partial charge in [0.05, 0.1) is 13.2 Å². The van der Waals surface area contributed by atoms with Gasteiger partial charge < -0.3 is 20.7 Å². The molecule has 0 aliphatic rings. The molecular formula is C13H20ClN3O2. The highest BCUT2D eigenvalue weighted by Crippen LogP contribution is 2.23. The quantitative estimate of drug-likeness (QED) is 0.699. The van der Waals surface area contributed by atoms with Crippen LogP contribution in [0.3, 0.4) is 0 Å². The van der Waals surface area contributed by atoms with Crippen LogP contribution in [-0.4, -0.2) is 39.8 Å². The minimum atomic E-state index is -0.365. The van der Waals surface area contributed by atoms with E-state index in [-0.39, 0.29) is 12.5 Å². The number of rotatable bonds is 8. The average Bonchev–Trinajstić information content (AvgIpc) is 2.34. The minimum Gasteiger partial charge on any atom is -0.383 e. The number of nitrogens with zero attached hydrogens (tertiary/aromatic N) is 1. The van der Waals surface area contributed by atoms with Crippen molar-refractivity contribution < 1.29 is 9.53 Å². The van der Waals surface area contributed by atoms with E-state index in [0.717, 1.165) is 17.8 Å². The number of anilines is 1. The molecule has 1 aromatic carbocycles. The summed E-state index contributed by atoms with van der Waals surface area (Å²) in [5.74, 6) is -0.365. The molecule has 0 aromatic heterocycles. The summed E-state index contributed by atoms with van der Waals surface area (Å²) in [4.78, 5) is 12.8. The van der Waals surface area contributed by atoms with Gasteiger partial charge in [0.25, 0.3) is 0 Å². The molecule has 1 amide bonds. The number of likely N-dealkylation sites (N-methyl/N-ethyl adjacent to an activating group) is 1. The molecule has 6 heteroatoms. The van der Waals surface area contributed by atoms with Crippen LogP contribution in [0.15, 0.2) is 18.2 Å². The number of hydrogen-bond donors (Lipinski definition) is 2. The normalized spacial score (nSPS) is 10.5. The van der Waals surface area contributed by atoms with Crippen molar-refractivity contribution in [3.8, 4) is 0 Å². The summed E-state index contributed by atoms with van der Waals surface area (Å²) in [6.07, 6.45) is 0. The highest BCUT2D eigenvalue weighted by atomic mass is 35.5. The van der Waals surface area contributed by atoms with Gasteiger partial charge >= 0.3 is 0 Å². The number of nitrogens with two attached hydrogens (primary N) is 1. The van der Waals surface area contributed by atoms with Crippen molar-refractivity contribution in [3.05, 3.63) is 28.8 Å². The van der Waals surface area contributed by atoms with Crippen LogP contribution in [0.2, 0.25) is 5.02 Å². The fourth-order valence-corrected chi connectivity index (χ4v) is 1.98. The minimum absolute atomic E-state index is 0.173. The van der Waals surface area contributed by atoms with Crippen molar-refractivity contribution >= 4 is 23.2 Å². The van der Waals surface area contributed by atoms with Crippen molar-refractivity contribution in [1.29, 1.82) is 0 Å². The summed E-state index contributed by atoms with van der Waals surface area (Å²) in [5.41, 5.74) is 7.17. The van der Waals surface area contributed by atoms with E-state index in [1.54, 1.807) is 13.2 Å². The Morgan fingerprint density at radius 1 is 1.53 bits per heavy atom. The summed E-state index contributed by atoms with van der Waals surface area (Å²) in [6.45, 7) is 2.23. The topological polar surface area (TPSA) is 67.6 Å². The highest BCUT2D eigenvalue weighted by Gasteiger charge is 2.10. The Kier molecular flexibility index (Phi) is 6.62. The number of hydrogen-bond acceptors (Lipinski definition) is 4. The second-order valence-corrected chi connectivity index (χ2v) is 4.70. The number of primary amides is 1. The maximum Gasteiger partial charge on any atom is 0.236 e. The first-order valence-electron chi connectivity index (χ1n) is 6.02. The average molecular weight is 286 g/mol. The van der Waals surface area contributed by atoms with Gasteiger partial charge in [0.15, 0.2) is 0 Å². The zero-order valence-corrected chi connectivity index (χ0v) is 12.0. The third-order valence-electron chi connectivity index (χ3n) is 2.64. The van der Waals surface area contributed by atoms with E-state index in [1.807, 2.05) is 24.1 Å². The van der Waals surface area contributed by atoms with Crippen LogP contribution >= 0.6 is 11.6 Å². The number of methoxy groups -OCH3 is 1. The molecular weight excluding hydrogens is 266 g/mol. The number of ether oxygens (including phenoxy) is 1. The first-order chi connectivity index (χ1) is 9.04. The Balaban J connectivity index is 2.76. The summed E-state index contributed by atoms with van der Waals surface area (Å²) < 4.78 is 4.97. The van der Waals surface area contributed by atoms with Crippen LogP contribution in [0, 0.1) is 0 Å². The summed E-state index contributed by atoms with van der Waals surface area (Å²) in [7, 11) is 3.49. The summed E-state index contributed by atoms with van der Waals surface area (Å²) >= 11 is 6.00. The second kappa shape index (κ2) is 7.99. The zero-order chi connectivity index (χ0) is 14.3. The lowest BCUT2D eigenvalue weighted by atomic mass is 10.1. The van der Waals surface area contributed by atoms with Crippen molar-refractivity contribution in [2.24, 2.45) is 5.73 Å². The Labute approximate surface area is 118 Å². The van der Waals surface area contributed by atoms with Crippen molar-refractivity contribution in [2.45, 2.75) is 6.54 Å². The van der Waals surface area contributed by atoms with Gasteiger partial charge in [-0.15, -0.1) is 0 Å². The number of amides is 1. The van der Waals surface area contributed by atoms with Crippen LogP contribution in [0.25, 0.3) is 0 Å². The second-order valence-electron chi connectivity index (χ2n) is 4.26. The van der Waals surface area contributed by atoms with Crippen LogP contribution in [0.1, 0.15) is 5.56 Å². The first kappa shape index (κ1) is 15.8. The molecule has 0 bridgehead atoms. The van der Waals surface area contributed by atoms with Crippen molar-refractivity contribution in [3.63, 3.8) is 0 Å². The lowest BCUT2D eigenvalue weighted by Crippen LogP contribution is -2.31. The summed E-state index contributed by atoms with van der Waals surface area (Å²) in [6, 6.07) is 5.57. The van der Waals surface area contributed by atoms with Crippen LogP contribution < -0.4 is 16.0 Å². The molecule has 1 aromatic rings. The molecule has 0 unspecified atom stereocenters. The predicted octanol–water partition coefficient (Wildman–Crippen LogP) is 0.997. The number of carbonyl (C=O) groups excluding carboxylic acids is 1. The molecule has 0 heterocycles. The molecule has 0 fully saturated rings. The fraction of sp³-hybridized carbons (Fsp3) is 0.462. The van der Waals surface area contributed by atoms with E-state index in [2.05, 4.69) is 5.32 Å². The molecule has 19 heavy (non-hydrogen) atoms. The third-order valence-corrected chi connectivity index (χ3v) is 2.88. The highest BCUT2D eigenvalue weighted by molar-refractivity contribution is 6.30. The van der Waals surface area contributed by atoms with E-state index >= 15 is 0 Å². The first-order valence-corrected chi connectivity index (χ1v) is 6.40. The van der Waals surface area contributed by atoms with Crippen LogP contribution in [0.5, 0.6) is 0 Å². The Hall–Kier alpha value is -1.30. The van der Waals surface area contributed by atoms with E-state index < -0.39 is 0 Å². The van der Waals surface area contributed by atoms with E-state index in [9.17, 15) is 4.79 Å². The molecule has 0 radical (unpaired) electrons. The Morgan fingerprint density at radius 3 is 2.89 bits per heavy atom. The molecule has 3 N–H and O–H groups in total. The monoisotopic (exact) mass is 285 g/mol. The summed E-state index contributed by atoms with van der Waals surface area (Å²) in [5, 5.41) is 3.92. The molecule has 0 saturated heterocycles. The lowest BCUT2D eigenvalue weighted by molar-refractivity contribution is -0.116. The largest absolute Gasteiger partial charge is 0.383 e. The fourth-order valence-electron chi connectivity index (χ4n) is 1.78. The number of benzene rings is 1. The van der Waals surface area contributed by atoms with Crippen LogP contribution in [0.4, 0.5) is 5.69 Å². The van der Waals surface area contributed by atoms with Gasteiger partial charge in [0, 0.05) is 38.0 Å². The molecule has 0 aliphatic carbocycles. The Morgan fingerprint density at radius 2 is 2.26 bits per heavy atom. The third kappa shape index (κ3) is 5.46. The Bertz CT molecular complexity index is 426. The van der Waals surface area contributed by atoms with Gasteiger partial charge in [0.2, 0.25) is 5.91 Å². The van der Waals surface area contributed by atoms with Crippen molar-refractivity contribution in [2.75, 3.05) is 38.8 Å². The SMILES string of the molecule is COCCNCc1cc(Cl)ccc1N(C)CC(N)=O. The lowest BCUT2D eigenvalue weighted by Gasteiger charge is -2.21. The van der Waals surface area contributed by atoms with E-state index in [4.69, 9.17) is 22.1 Å². The number of nitrogens with one attached hydrogen (secondary N) is 1. The van der Waals surface area contributed by atoms with Crippen LogP contribution in [-0.2, 0) is 16.1 Å². The van der Waals surface area contributed by atoms with Gasteiger partial charge in [-0.1, -0.05) is 11.6 Å². The van der Waals surface area contributed by atoms with Gasteiger partial charge in [-0.2, -0.15) is 0 Å². The number of carbonyl (C=O) groups is 1. The molecule has 1 rings (SSSR count). The smallest absolute Gasteiger partial charge is 0.236 e. The number of halogens is 1. The van der Waals surface area contributed by atoms with Gasteiger partial charge in [-0.25, -0.2) is 0 Å². The molecule has 0 saturated carbocycles. The molecule has 0 atom stereocenters. The maximum absolute atomic E-state index is 11.0.